The second-order valence-corrected chi connectivity index (χ2v) is 5.69. The van der Waals surface area contributed by atoms with E-state index >= 15 is 0 Å². The van der Waals surface area contributed by atoms with E-state index in [2.05, 4.69) is 31.0 Å². The number of amides is 1. The molecule has 1 unspecified atom stereocenters. The molecule has 0 saturated carbocycles. The summed E-state index contributed by atoms with van der Waals surface area (Å²) in [5.41, 5.74) is 8.31. The minimum atomic E-state index is -0.0977. The molecule has 4 nitrogen and oxygen atoms in total. The first-order valence-corrected chi connectivity index (χ1v) is 7.33. The first-order chi connectivity index (χ1) is 9.61. The standard InChI is InChI=1S/C16H25N3O/c1-13-5-3-4-6-14(13)11-15(12-17)16(20)19-9-7-18(2)8-10-19/h3-6,15H,7-12,17H2,1-2H3. The van der Waals surface area contributed by atoms with E-state index in [0.29, 0.717) is 6.54 Å². The first-order valence-electron chi connectivity index (χ1n) is 7.33. The third-order valence-electron chi connectivity index (χ3n) is 4.18. The molecule has 1 atom stereocenters. The van der Waals surface area contributed by atoms with Crippen LogP contribution in [0.1, 0.15) is 11.1 Å². The fourth-order valence-corrected chi connectivity index (χ4v) is 2.66. The molecule has 1 aliphatic heterocycles. The van der Waals surface area contributed by atoms with Crippen LogP contribution in [0.5, 0.6) is 0 Å². The number of hydrogen-bond acceptors (Lipinski definition) is 3. The lowest BCUT2D eigenvalue weighted by molar-refractivity contribution is -0.136. The van der Waals surface area contributed by atoms with Crippen molar-refractivity contribution in [3.63, 3.8) is 0 Å². The van der Waals surface area contributed by atoms with Gasteiger partial charge in [-0.05, 0) is 31.5 Å². The number of hydrogen-bond donors (Lipinski definition) is 1. The van der Waals surface area contributed by atoms with Crippen LogP contribution in [-0.4, -0.2) is 55.5 Å². The van der Waals surface area contributed by atoms with Gasteiger partial charge in [0.1, 0.15) is 0 Å². The molecule has 0 spiro atoms. The largest absolute Gasteiger partial charge is 0.340 e. The third-order valence-corrected chi connectivity index (χ3v) is 4.18. The minimum absolute atomic E-state index is 0.0977. The fraction of sp³-hybridized carbons (Fsp3) is 0.562. The lowest BCUT2D eigenvalue weighted by Crippen LogP contribution is -2.50. The maximum Gasteiger partial charge on any atom is 0.227 e. The van der Waals surface area contributed by atoms with Crippen molar-refractivity contribution in [3.8, 4) is 0 Å². The van der Waals surface area contributed by atoms with E-state index in [0.717, 1.165) is 32.6 Å². The van der Waals surface area contributed by atoms with E-state index in [1.807, 2.05) is 17.0 Å². The second-order valence-electron chi connectivity index (χ2n) is 5.69. The van der Waals surface area contributed by atoms with Gasteiger partial charge in [0.15, 0.2) is 0 Å². The zero-order valence-electron chi connectivity index (χ0n) is 12.5. The first kappa shape index (κ1) is 15.0. The van der Waals surface area contributed by atoms with E-state index in [1.54, 1.807) is 0 Å². The Morgan fingerprint density at radius 1 is 1.25 bits per heavy atom. The van der Waals surface area contributed by atoms with Crippen LogP contribution in [0.3, 0.4) is 0 Å². The van der Waals surface area contributed by atoms with Crippen LogP contribution in [0.2, 0.25) is 0 Å². The van der Waals surface area contributed by atoms with E-state index in [1.165, 1.54) is 11.1 Å². The molecule has 1 amide bonds. The Bertz CT molecular complexity index is 453. The number of likely N-dealkylation sites (N-methyl/N-ethyl adjacent to an activating group) is 1. The number of aryl methyl sites for hydroxylation is 1. The Kier molecular flexibility index (Phi) is 5.15. The summed E-state index contributed by atoms with van der Waals surface area (Å²) in [6.07, 6.45) is 0.744. The van der Waals surface area contributed by atoms with Crippen molar-refractivity contribution >= 4 is 5.91 Å². The van der Waals surface area contributed by atoms with Gasteiger partial charge in [-0.25, -0.2) is 0 Å². The van der Waals surface area contributed by atoms with Crippen LogP contribution in [0.4, 0.5) is 0 Å². The normalized spacial score (nSPS) is 18.1. The third kappa shape index (κ3) is 3.58. The lowest BCUT2D eigenvalue weighted by Gasteiger charge is -2.34. The number of benzene rings is 1. The SMILES string of the molecule is Cc1ccccc1CC(CN)C(=O)N1CCN(C)CC1. The Labute approximate surface area is 121 Å². The Balaban J connectivity index is 2.01. The molecule has 4 heteroatoms. The zero-order chi connectivity index (χ0) is 14.5. The van der Waals surface area contributed by atoms with Crippen molar-refractivity contribution < 1.29 is 4.79 Å². The predicted octanol–water partition coefficient (Wildman–Crippen LogP) is 0.886. The molecule has 0 radical (unpaired) electrons. The smallest absolute Gasteiger partial charge is 0.227 e. The number of nitrogens with zero attached hydrogens (tertiary/aromatic N) is 2. The van der Waals surface area contributed by atoms with Crippen molar-refractivity contribution in [1.82, 2.24) is 9.80 Å². The second kappa shape index (κ2) is 6.86. The summed E-state index contributed by atoms with van der Waals surface area (Å²) in [7, 11) is 2.09. The van der Waals surface area contributed by atoms with Crippen LogP contribution < -0.4 is 5.73 Å². The number of nitrogens with two attached hydrogens (primary N) is 1. The maximum absolute atomic E-state index is 12.6. The molecular weight excluding hydrogens is 250 g/mol. The summed E-state index contributed by atoms with van der Waals surface area (Å²) in [5, 5.41) is 0. The molecule has 1 aromatic carbocycles. The highest BCUT2D eigenvalue weighted by Gasteiger charge is 2.26. The van der Waals surface area contributed by atoms with Crippen LogP contribution in [0, 0.1) is 12.8 Å². The lowest BCUT2D eigenvalue weighted by atomic mass is 9.95. The molecule has 110 valence electrons. The number of piperazine rings is 1. The molecule has 0 aromatic heterocycles. The van der Waals surface area contributed by atoms with Gasteiger partial charge < -0.3 is 15.5 Å². The van der Waals surface area contributed by atoms with Gasteiger partial charge in [-0.2, -0.15) is 0 Å². The van der Waals surface area contributed by atoms with E-state index in [9.17, 15) is 4.79 Å². The minimum Gasteiger partial charge on any atom is -0.340 e. The Morgan fingerprint density at radius 3 is 2.50 bits per heavy atom. The van der Waals surface area contributed by atoms with Gasteiger partial charge in [-0.15, -0.1) is 0 Å². The van der Waals surface area contributed by atoms with E-state index < -0.39 is 0 Å². The molecule has 0 bridgehead atoms. The predicted molar refractivity (Wildman–Crippen MR) is 81.5 cm³/mol. The van der Waals surface area contributed by atoms with Crippen LogP contribution in [0.25, 0.3) is 0 Å². The highest BCUT2D eigenvalue weighted by molar-refractivity contribution is 5.79. The van der Waals surface area contributed by atoms with Crippen molar-refractivity contribution in [2.75, 3.05) is 39.8 Å². The molecular formula is C16H25N3O. The molecule has 1 aliphatic rings. The molecule has 2 N–H and O–H groups in total. The highest BCUT2D eigenvalue weighted by Crippen LogP contribution is 2.15. The molecule has 0 aliphatic carbocycles. The molecule has 1 saturated heterocycles. The molecule has 20 heavy (non-hydrogen) atoms. The van der Waals surface area contributed by atoms with Crippen molar-refractivity contribution in [2.45, 2.75) is 13.3 Å². The molecule has 2 rings (SSSR count). The van der Waals surface area contributed by atoms with Crippen LogP contribution >= 0.6 is 0 Å². The monoisotopic (exact) mass is 275 g/mol. The van der Waals surface area contributed by atoms with Gasteiger partial charge in [0, 0.05) is 32.7 Å². The quantitative estimate of drug-likeness (QED) is 0.888. The summed E-state index contributed by atoms with van der Waals surface area (Å²) >= 11 is 0. The molecule has 1 heterocycles. The van der Waals surface area contributed by atoms with Crippen molar-refractivity contribution in [3.05, 3.63) is 35.4 Å². The average molecular weight is 275 g/mol. The van der Waals surface area contributed by atoms with Crippen molar-refractivity contribution in [2.24, 2.45) is 11.7 Å². The van der Waals surface area contributed by atoms with Gasteiger partial charge in [0.25, 0.3) is 0 Å². The summed E-state index contributed by atoms with van der Waals surface area (Å²) in [4.78, 5) is 16.8. The van der Waals surface area contributed by atoms with Crippen LogP contribution in [-0.2, 0) is 11.2 Å². The van der Waals surface area contributed by atoms with Gasteiger partial charge in [-0.3, -0.25) is 4.79 Å². The van der Waals surface area contributed by atoms with E-state index in [-0.39, 0.29) is 11.8 Å². The maximum atomic E-state index is 12.6. The topological polar surface area (TPSA) is 49.6 Å². The van der Waals surface area contributed by atoms with Crippen LogP contribution in [0.15, 0.2) is 24.3 Å². The summed E-state index contributed by atoms with van der Waals surface area (Å²) in [6, 6.07) is 8.23. The number of carbonyl (C=O) groups excluding carboxylic acids is 1. The Hall–Kier alpha value is -1.39. The average Bonchev–Trinajstić information content (AvgIpc) is 2.46. The number of carbonyl (C=O) groups is 1. The number of rotatable bonds is 4. The summed E-state index contributed by atoms with van der Waals surface area (Å²) < 4.78 is 0. The molecule has 1 fully saturated rings. The summed E-state index contributed by atoms with van der Waals surface area (Å²) in [5.74, 6) is 0.114. The zero-order valence-corrected chi connectivity index (χ0v) is 12.5. The fourth-order valence-electron chi connectivity index (χ4n) is 2.66. The summed E-state index contributed by atoms with van der Waals surface area (Å²) in [6.45, 7) is 6.04. The molecule has 1 aromatic rings. The van der Waals surface area contributed by atoms with Gasteiger partial charge >= 0.3 is 0 Å². The van der Waals surface area contributed by atoms with Crippen molar-refractivity contribution in [1.29, 1.82) is 0 Å². The van der Waals surface area contributed by atoms with Gasteiger partial charge in [-0.1, -0.05) is 24.3 Å². The van der Waals surface area contributed by atoms with E-state index in [4.69, 9.17) is 5.73 Å². The Morgan fingerprint density at radius 2 is 1.90 bits per heavy atom. The van der Waals surface area contributed by atoms with Gasteiger partial charge in [0.2, 0.25) is 5.91 Å². The van der Waals surface area contributed by atoms with Gasteiger partial charge in [0.05, 0.1) is 5.92 Å². The highest BCUT2D eigenvalue weighted by atomic mass is 16.2.